The summed E-state index contributed by atoms with van der Waals surface area (Å²) in [6.45, 7) is 5.93. The predicted molar refractivity (Wildman–Crippen MR) is 74.1 cm³/mol. The second kappa shape index (κ2) is 6.88. The number of ether oxygens (including phenoxy) is 2. The lowest BCUT2D eigenvalue weighted by molar-refractivity contribution is 0.0934. The molecule has 19 heavy (non-hydrogen) atoms. The minimum absolute atomic E-state index is 0.214. The molecule has 1 aliphatic rings. The summed E-state index contributed by atoms with van der Waals surface area (Å²) >= 11 is 6.20. The Hall–Kier alpha value is -1.11. The van der Waals surface area contributed by atoms with E-state index >= 15 is 0 Å². The molecule has 0 bridgehead atoms. The maximum Gasteiger partial charge on any atom is 0.318 e. The first-order valence-electron chi connectivity index (χ1n) is 6.38. The highest BCUT2D eigenvalue weighted by molar-refractivity contribution is 6.32. The van der Waals surface area contributed by atoms with E-state index in [0.29, 0.717) is 30.1 Å². The molecule has 0 amide bonds. The Morgan fingerprint density at radius 1 is 1.63 bits per heavy atom. The van der Waals surface area contributed by atoms with Gasteiger partial charge >= 0.3 is 6.01 Å². The normalized spacial score (nSPS) is 19.5. The third-order valence-electron chi connectivity index (χ3n) is 3.02. The van der Waals surface area contributed by atoms with Crippen molar-refractivity contribution in [3.05, 3.63) is 11.2 Å². The molecule has 1 saturated heterocycles. The molecule has 6 nitrogen and oxygen atoms in total. The molecule has 1 unspecified atom stereocenters. The van der Waals surface area contributed by atoms with Gasteiger partial charge in [-0.25, -0.2) is 4.98 Å². The highest BCUT2D eigenvalue weighted by Gasteiger charge is 2.26. The van der Waals surface area contributed by atoms with E-state index in [0.717, 1.165) is 19.6 Å². The van der Waals surface area contributed by atoms with Gasteiger partial charge in [-0.15, -0.1) is 0 Å². The first-order valence-corrected chi connectivity index (χ1v) is 6.75. The van der Waals surface area contributed by atoms with Gasteiger partial charge in [0, 0.05) is 13.1 Å². The number of likely N-dealkylation sites (N-methyl/N-ethyl adjacent to an activating group) is 1. The Labute approximate surface area is 118 Å². The van der Waals surface area contributed by atoms with E-state index in [2.05, 4.69) is 27.1 Å². The van der Waals surface area contributed by atoms with Crippen molar-refractivity contribution >= 4 is 17.4 Å². The molecule has 0 aromatic carbocycles. The molecule has 1 atom stereocenters. The van der Waals surface area contributed by atoms with Crippen LogP contribution in [0, 0.1) is 0 Å². The second-order valence-electron chi connectivity index (χ2n) is 4.26. The first kappa shape index (κ1) is 14.3. The predicted octanol–water partition coefficient (Wildman–Crippen LogP) is 0.953. The second-order valence-corrected chi connectivity index (χ2v) is 4.67. The third-order valence-corrected chi connectivity index (χ3v) is 3.28. The number of halogens is 1. The van der Waals surface area contributed by atoms with Crippen molar-refractivity contribution in [2.24, 2.45) is 0 Å². The van der Waals surface area contributed by atoms with Gasteiger partial charge in [0.25, 0.3) is 0 Å². The largest absolute Gasteiger partial charge is 0.467 e. The molecule has 0 spiro atoms. The quantitative estimate of drug-likeness (QED) is 0.870. The van der Waals surface area contributed by atoms with Gasteiger partial charge < -0.3 is 19.7 Å². The fraction of sp³-hybridized carbons (Fsp3) is 0.667. The van der Waals surface area contributed by atoms with Gasteiger partial charge in [0.15, 0.2) is 5.82 Å². The van der Waals surface area contributed by atoms with Crippen LogP contribution in [0.2, 0.25) is 5.02 Å². The molecule has 7 heteroatoms. The zero-order valence-electron chi connectivity index (χ0n) is 11.2. The van der Waals surface area contributed by atoms with Gasteiger partial charge in [-0.3, -0.25) is 0 Å². The summed E-state index contributed by atoms with van der Waals surface area (Å²) < 4.78 is 10.6. The highest BCUT2D eigenvalue weighted by Crippen LogP contribution is 2.27. The van der Waals surface area contributed by atoms with Crippen LogP contribution in [0.5, 0.6) is 6.01 Å². The molecule has 1 fully saturated rings. The minimum atomic E-state index is 0.214. The molecule has 1 aliphatic heterocycles. The number of morpholine rings is 1. The van der Waals surface area contributed by atoms with Gasteiger partial charge in [-0.05, 0) is 6.54 Å². The zero-order chi connectivity index (χ0) is 13.7. The lowest BCUT2D eigenvalue weighted by atomic mass is 10.2. The van der Waals surface area contributed by atoms with Crippen molar-refractivity contribution in [2.45, 2.75) is 13.0 Å². The molecular weight excluding hydrogens is 268 g/mol. The summed E-state index contributed by atoms with van der Waals surface area (Å²) in [6.07, 6.45) is 1.57. The van der Waals surface area contributed by atoms with Crippen LogP contribution in [0.1, 0.15) is 6.92 Å². The fourth-order valence-electron chi connectivity index (χ4n) is 2.06. The van der Waals surface area contributed by atoms with Crippen LogP contribution in [0.4, 0.5) is 5.82 Å². The summed E-state index contributed by atoms with van der Waals surface area (Å²) in [6, 6.07) is 0.541. The van der Waals surface area contributed by atoms with Crippen LogP contribution < -0.4 is 15.0 Å². The van der Waals surface area contributed by atoms with Crippen molar-refractivity contribution in [3.8, 4) is 6.01 Å². The Morgan fingerprint density at radius 3 is 3.21 bits per heavy atom. The summed E-state index contributed by atoms with van der Waals surface area (Å²) in [7, 11) is 1.54. The Balaban J connectivity index is 2.21. The Kier molecular flexibility index (Phi) is 5.18. The minimum Gasteiger partial charge on any atom is -0.467 e. The molecule has 2 heterocycles. The molecule has 106 valence electrons. The number of methoxy groups -OCH3 is 1. The molecule has 0 radical (unpaired) electrons. The number of rotatable bonds is 5. The number of anilines is 1. The van der Waals surface area contributed by atoms with Crippen molar-refractivity contribution in [3.63, 3.8) is 0 Å². The van der Waals surface area contributed by atoms with Gasteiger partial charge in [0.05, 0.1) is 32.6 Å². The van der Waals surface area contributed by atoms with Crippen LogP contribution >= 0.6 is 11.6 Å². The van der Waals surface area contributed by atoms with E-state index in [1.807, 2.05) is 0 Å². The number of hydrogen-bond donors (Lipinski definition) is 1. The molecule has 0 aliphatic carbocycles. The van der Waals surface area contributed by atoms with Gasteiger partial charge in [-0.2, -0.15) is 4.98 Å². The van der Waals surface area contributed by atoms with E-state index in [1.54, 1.807) is 13.3 Å². The fourth-order valence-corrected chi connectivity index (χ4v) is 2.26. The van der Waals surface area contributed by atoms with E-state index in [9.17, 15) is 0 Å². The molecular formula is C12H19ClN4O2. The van der Waals surface area contributed by atoms with Crippen LogP contribution in [-0.4, -0.2) is 56.0 Å². The standard InChI is InChI=1S/C12H19ClN4O2/c1-3-14-6-9-8-19-5-4-17(9)11-10(13)7-15-12(16-11)18-2/h7,9,14H,3-6,8H2,1-2H3. The lowest BCUT2D eigenvalue weighted by Crippen LogP contribution is -2.51. The summed E-state index contributed by atoms with van der Waals surface area (Å²) in [5.74, 6) is 0.708. The number of nitrogens with one attached hydrogen (secondary N) is 1. The maximum atomic E-state index is 6.20. The molecule has 0 saturated carbocycles. The van der Waals surface area contributed by atoms with Crippen molar-refractivity contribution < 1.29 is 9.47 Å². The summed E-state index contributed by atoms with van der Waals surface area (Å²) in [4.78, 5) is 10.5. The Morgan fingerprint density at radius 2 is 2.47 bits per heavy atom. The number of nitrogens with zero attached hydrogens (tertiary/aromatic N) is 3. The monoisotopic (exact) mass is 286 g/mol. The van der Waals surface area contributed by atoms with Crippen LogP contribution in [-0.2, 0) is 4.74 Å². The van der Waals surface area contributed by atoms with Crippen LogP contribution in [0.15, 0.2) is 6.20 Å². The van der Waals surface area contributed by atoms with Crippen LogP contribution in [0.25, 0.3) is 0 Å². The molecule has 1 N–H and O–H groups in total. The third kappa shape index (κ3) is 3.46. The van der Waals surface area contributed by atoms with E-state index in [4.69, 9.17) is 21.1 Å². The average molecular weight is 287 g/mol. The van der Waals surface area contributed by atoms with Gasteiger partial charge in [-0.1, -0.05) is 18.5 Å². The van der Waals surface area contributed by atoms with Crippen molar-refractivity contribution in [1.29, 1.82) is 0 Å². The maximum absolute atomic E-state index is 6.20. The lowest BCUT2D eigenvalue weighted by Gasteiger charge is -2.36. The Bertz CT molecular complexity index is 419. The van der Waals surface area contributed by atoms with Crippen molar-refractivity contribution in [1.82, 2.24) is 15.3 Å². The summed E-state index contributed by atoms with van der Waals surface area (Å²) in [5, 5.41) is 3.86. The average Bonchev–Trinajstić information content (AvgIpc) is 2.46. The van der Waals surface area contributed by atoms with Crippen molar-refractivity contribution in [2.75, 3.05) is 44.9 Å². The molecule has 1 aromatic rings. The van der Waals surface area contributed by atoms with E-state index in [1.165, 1.54) is 0 Å². The molecule has 2 rings (SSSR count). The van der Waals surface area contributed by atoms with E-state index < -0.39 is 0 Å². The zero-order valence-corrected chi connectivity index (χ0v) is 12.0. The van der Waals surface area contributed by atoms with Gasteiger partial charge in [0.1, 0.15) is 5.02 Å². The smallest absolute Gasteiger partial charge is 0.318 e. The van der Waals surface area contributed by atoms with Gasteiger partial charge in [0.2, 0.25) is 0 Å². The summed E-state index contributed by atoms with van der Waals surface area (Å²) in [5.41, 5.74) is 0. The van der Waals surface area contributed by atoms with Crippen LogP contribution in [0.3, 0.4) is 0 Å². The number of aromatic nitrogens is 2. The van der Waals surface area contributed by atoms with E-state index in [-0.39, 0.29) is 6.04 Å². The molecule has 1 aromatic heterocycles. The topological polar surface area (TPSA) is 59.5 Å². The number of hydrogen-bond acceptors (Lipinski definition) is 6. The SMILES string of the molecule is CCNCC1COCCN1c1nc(OC)ncc1Cl. The highest BCUT2D eigenvalue weighted by atomic mass is 35.5. The first-order chi connectivity index (χ1) is 9.26.